The molecular weight excluding hydrogens is 244 g/mol. The summed E-state index contributed by atoms with van der Waals surface area (Å²) in [4.78, 5) is 2.83. The van der Waals surface area contributed by atoms with Gasteiger partial charge in [0.25, 0.3) is 0 Å². The minimum atomic E-state index is 0.487. The Bertz CT molecular complexity index is 291. The van der Waals surface area contributed by atoms with Crippen molar-refractivity contribution in [2.45, 2.75) is 71.3 Å². The molecule has 0 heterocycles. The molecule has 2 nitrogen and oxygen atoms in total. The molecule has 0 bridgehead atoms. The Morgan fingerprint density at radius 1 is 1.00 bits per heavy atom. The highest BCUT2D eigenvalue weighted by atomic mass is 15.1. The van der Waals surface area contributed by atoms with Gasteiger partial charge < -0.3 is 10.2 Å². The van der Waals surface area contributed by atoms with Gasteiger partial charge in [0.2, 0.25) is 0 Å². The van der Waals surface area contributed by atoms with Crippen LogP contribution in [0.2, 0.25) is 0 Å². The molecule has 3 fully saturated rings. The van der Waals surface area contributed by atoms with Gasteiger partial charge in [-0.3, -0.25) is 0 Å². The van der Waals surface area contributed by atoms with Crippen molar-refractivity contribution in [2.24, 2.45) is 17.3 Å². The van der Waals surface area contributed by atoms with Crippen molar-refractivity contribution in [1.82, 2.24) is 10.2 Å². The number of rotatable bonds is 11. The topological polar surface area (TPSA) is 15.3 Å². The third-order valence-corrected chi connectivity index (χ3v) is 5.28. The van der Waals surface area contributed by atoms with Gasteiger partial charge in [-0.05, 0) is 62.2 Å². The van der Waals surface area contributed by atoms with Gasteiger partial charge >= 0.3 is 0 Å². The van der Waals surface area contributed by atoms with Crippen molar-refractivity contribution in [3.05, 3.63) is 0 Å². The molecule has 1 unspecified atom stereocenters. The Hall–Kier alpha value is -0.0800. The second-order valence-electron chi connectivity index (χ2n) is 8.30. The molecule has 0 radical (unpaired) electrons. The smallest absolute Gasteiger partial charge is 0.00684 e. The van der Waals surface area contributed by atoms with Crippen LogP contribution >= 0.6 is 0 Å². The summed E-state index contributed by atoms with van der Waals surface area (Å²) < 4.78 is 0. The van der Waals surface area contributed by atoms with Gasteiger partial charge in [-0.15, -0.1) is 0 Å². The van der Waals surface area contributed by atoms with Crippen LogP contribution in [0, 0.1) is 17.3 Å². The van der Waals surface area contributed by atoms with E-state index in [1.165, 1.54) is 77.5 Å². The number of hydrogen-bond acceptors (Lipinski definition) is 2. The maximum atomic E-state index is 3.80. The van der Waals surface area contributed by atoms with E-state index in [2.05, 4.69) is 24.1 Å². The van der Waals surface area contributed by atoms with Gasteiger partial charge in [-0.1, -0.05) is 20.3 Å². The molecule has 2 heteroatoms. The van der Waals surface area contributed by atoms with Crippen LogP contribution in [0.1, 0.15) is 65.2 Å². The summed E-state index contributed by atoms with van der Waals surface area (Å²) in [5.74, 6) is 2.08. The number of nitrogens with zero attached hydrogens (tertiary/aromatic N) is 1. The zero-order valence-electron chi connectivity index (χ0n) is 13.7. The van der Waals surface area contributed by atoms with E-state index in [1.54, 1.807) is 0 Å². The van der Waals surface area contributed by atoms with Crippen LogP contribution in [-0.4, -0.2) is 37.1 Å². The van der Waals surface area contributed by atoms with Crippen LogP contribution in [0.25, 0.3) is 0 Å². The molecule has 0 amide bonds. The summed E-state index contributed by atoms with van der Waals surface area (Å²) >= 11 is 0. The summed E-state index contributed by atoms with van der Waals surface area (Å²) in [6.07, 6.45) is 11.5. The molecule has 3 rings (SSSR count). The zero-order chi connectivity index (χ0) is 14.0. The molecule has 3 aliphatic rings. The molecule has 0 aliphatic heterocycles. The minimum absolute atomic E-state index is 0.487. The van der Waals surface area contributed by atoms with E-state index in [9.17, 15) is 0 Å². The lowest BCUT2D eigenvalue weighted by molar-refractivity contribution is 0.139. The number of hydrogen-bond donors (Lipinski definition) is 1. The summed E-state index contributed by atoms with van der Waals surface area (Å²) in [5, 5.41) is 3.80. The monoisotopic (exact) mass is 278 g/mol. The molecule has 20 heavy (non-hydrogen) atoms. The molecule has 0 aromatic carbocycles. The normalized spacial score (nSPS) is 25.9. The third-order valence-electron chi connectivity index (χ3n) is 5.28. The highest BCUT2D eigenvalue weighted by Crippen LogP contribution is 2.36. The van der Waals surface area contributed by atoms with E-state index in [-0.39, 0.29) is 0 Å². The van der Waals surface area contributed by atoms with Crippen molar-refractivity contribution in [1.29, 1.82) is 0 Å². The first-order valence-electron chi connectivity index (χ1n) is 9.12. The Kier molecular flexibility index (Phi) is 4.72. The lowest BCUT2D eigenvalue weighted by atomic mass is 9.84. The predicted octanol–water partition coefficient (Wildman–Crippen LogP) is 3.67. The van der Waals surface area contributed by atoms with Crippen molar-refractivity contribution in [3.8, 4) is 0 Å². The lowest BCUT2D eigenvalue weighted by Gasteiger charge is -2.36. The van der Waals surface area contributed by atoms with E-state index in [4.69, 9.17) is 0 Å². The highest BCUT2D eigenvalue weighted by molar-refractivity contribution is 4.90. The van der Waals surface area contributed by atoms with E-state index in [1.807, 2.05) is 0 Å². The molecule has 0 saturated heterocycles. The van der Waals surface area contributed by atoms with Gasteiger partial charge in [0.1, 0.15) is 0 Å². The van der Waals surface area contributed by atoms with E-state index in [0.29, 0.717) is 5.41 Å². The lowest BCUT2D eigenvalue weighted by Crippen LogP contribution is -2.44. The first-order chi connectivity index (χ1) is 9.67. The van der Waals surface area contributed by atoms with E-state index < -0.39 is 0 Å². The summed E-state index contributed by atoms with van der Waals surface area (Å²) in [6, 6.07) is 0.853. The Labute approximate surface area is 125 Å². The van der Waals surface area contributed by atoms with Gasteiger partial charge in [0.05, 0.1) is 0 Å². The molecule has 1 N–H and O–H groups in total. The fourth-order valence-electron chi connectivity index (χ4n) is 3.58. The van der Waals surface area contributed by atoms with Crippen molar-refractivity contribution < 1.29 is 0 Å². The highest BCUT2D eigenvalue weighted by Gasteiger charge is 2.34. The van der Waals surface area contributed by atoms with E-state index in [0.717, 1.165) is 17.9 Å². The van der Waals surface area contributed by atoms with E-state index >= 15 is 0 Å². The molecule has 0 spiro atoms. The van der Waals surface area contributed by atoms with Crippen LogP contribution in [-0.2, 0) is 0 Å². The largest absolute Gasteiger partial charge is 0.313 e. The second kappa shape index (κ2) is 6.36. The fourth-order valence-corrected chi connectivity index (χ4v) is 3.58. The quantitative estimate of drug-likeness (QED) is 0.620. The van der Waals surface area contributed by atoms with Crippen LogP contribution in [0.4, 0.5) is 0 Å². The summed E-state index contributed by atoms with van der Waals surface area (Å²) in [6.45, 7) is 10.2. The standard InChI is InChI=1S/C18H34N2/c1-3-10-18(2,13-19-17-8-9-17)14-20(11-15-4-5-15)12-16-6-7-16/h15-17,19H,3-14H2,1-2H3. The zero-order valence-corrected chi connectivity index (χ0v) is 13.7. The second-order valence-corrected chi connectivity index (χ2v) is 8.30. The van der Waals surface area contributed by atoms with Gasteiger partial charge in [0, 0.05) is 32.2 Å². The molecular formula is C18H34N2. The van der Waals surface area contributed by atoms with Gasteiger partial charge in [0.15, 0.2) is 0 Å². The summed E-state index contributed by atoms with van der Waals surface area (Å²) in [7, 11) is 0. The minimum Gasteiger partial charge on any atom is -0.313 e. The molecule has 3 saturated carbocycles. The van der Waals surface area contributed by atoms with Crippen LogP contribution in [0.15, 0.2) is 0 Å². The maximum absolute atomic E-state index is 3.80. The Morgan fingerprint density at radius 2 is 1.60 bits per heavy atom. The molecule has 0 aromatic rings. The first kappa shape index (κ1) is 14.8. The van der Waals surface area contributed by atoms with Crippen molar-refractivity contribution in [2.75, 3.05) is 26.2 Å². The average Bonchev–Trinajstić information content (AvgIpc) is 3.24. The van der Waals surface area contributed by atoms with Gasteiger partial charge in [-0.25, -0.2) is 0 Å². The summed E-state index contributed by atoms with van der Waals surface area (Å²) in [5.41, 5.74) is 0.487. The Balaban J connectivity index is 1.51. The predicted molar refractivity (Wildman–Crippen MR) is 85.9 cm³/mol. The first-order valence-corrected chi connectivity index (χ1v) is 9.12. The SMILES string of the molecule is CCCC(C)(CNC1CC1)CN(CC1CC1)CC1CC1. The fraction of sp³-hybridized carbons (Fsp3) is 1.00. The average molecular weight is 278 g/mol. The van der Waals surface area contributed by atoms with Gasteiger partial charge in [-0.2, -0.15) is 0 Å². The molecule has 0 aromatic heterocycles. The molecule has 3 aliphatic carbocycles. The van der Waals surface area contributed by atoms with Crippen molar-refractivity contribution >= 4 is 0 Å². The van der Waals surface area contributed by atoms with Crippen LogP contribution in [0.5, 0.6) is 0 Å². The Morgan fingerprint density at radius 3 is 2.05 bits per heavy atom. The maximum Gasteiger partial charge on any atom is 0.00684 e. The molecule has 1 atom stereocenters. The molecule has 116 valence electrons. The third kappa shape index (κ3) is 5.04. The van der Waals surface area contributed by atoms with Crippen LogP contribution in [0.3, 0.4) is 0 Å². The van der Waals surface area contributed by atoms with Crippen LogP contribution < -0.4 is 5.32 Å². The van der Waals surface area contributed by atoms with Crippen molar-refractivity contribution in [3.63, 3.8) is 0 Å². The number of nitrogens with one attached hydrogen (secondary N) is 1.